The molecule has 1 aliphatic rings. The number of carbonyl (C=O) groups is 3. The van der Waals surface area contributed by atoms with Gasteiger partial charge in [-0.1, -0.05) is 24.6 Å². The van der Waals surface area contributed by atoms with Gasteiger partial charge in [-0.2, -0.15) is 0 Å². The molecule has 1 fully saturated rings. The summed E-state index contributed by atoms with van der Waals surface area (Å²) in [4.78, 5) is 39.7. The first-order valence-electron chi connectivity index (χ1n) is 9.45. The SMILES string of the molecule is CCN(C(=O)CCCCCNC(C)=O)C1CCN(c2ccccc2)C1=O. The van der Waals surface area contributed by atoms with E-state index in [2.05, 4.69) is 5.32 Å². The first kappa shape index (κ1) is 19.9. The maximum absolute atomic E-state index is 12.8. The Labute approximate surface area is 155 Å². The molecule has 0 saturated carbocycles. The predicted octanol–water partition coefficient (Wildman–Crippen LogP) is 2.34. The van der Waals surface area contributed by atoms with Crippen LogP contribution in [0.1, 0.15) is 46.0 Å². The maximum Gasteiger partial charge on any atom is 0.249 e. The second kappa shape index (κ2) is 9.94. The summed E-state index contributed by atoms with van der Waals surface area (Å²) in [5.41, 5.74) is 0.890. The number of benzene rings is 1. The number of nitrogens with zero attached hydrogens (tertiary/aromatic N) is 2. The van der Waals surface area contributed by atoms with Gasteiger partial charge in [0.15, 0.2) is 0 Å². The molecule has 0 aliphatic carbocycles. The zero-order chi connectivity index (χ0) is 18.9. The fraction of sp³-hybridized carbons (Fsp3) is 0.550. The van der Waals surface area contributed by atoms with E-state index in [4.69, 9.17) is 0 Å². The largest absolute Gasteiger partial charge is 0.356 e. The third-order valence-electron chi connectivity index (χ3n) is 4.72. The van der Waals surface area contributed by atoms with Gasteiger partial charge in [0.1, 0.15) is 6.04 Å². The van der Waals surface area contributed by atoms with E-state index < -0.39 is 0 Å². The Morgan fingerprint density at radius 3 is 2.58 bits per heavy atom. The van der Waals surface area contributed by atoms with Crippen LogP contribution in [0.5, 0.6) is 0 Å². The summed E-state index contributed by atoms with van der Waals surface area (Å²) in [6.45, 7) is 5.26. The zero-order valence-electron chi connectivity index (χ0n) is 15.7. The lowest BCUT2D eigenvalue weighted by molar-refractivity contribution is -0.138. The van der Waals surface area contributed by atoms with Crippen molar-refractivity contribution < 1.29 is 14.4 Å². The molecule has 2 rings (SSSR count). The predicted molar refractivity (Wildman–Crippen MR) is 102 cm³/mol. The molecule has 0 radical (unpaired) electrons. The van der Waals surface area contributed by atoms with Crippen LogP contribution in [0.25, 0.3) is 0 Å². The second-order valence-electron chi connectivity index (χ2n) is 6.60. The fourth-order valence-corrected chi connectivity index (χ4v) is 3.37. The van der Waals surface area contributed by atoms with Crippen LogP contribution in [0.2, 0.25) is 0 Å². The number of amides is 3. The highest BCUT2D eigenvalue weighted by atomic mass is 16.2. The molecule has 0 bridgehead atoms. The van der Waals surface area contributed by atoms with Gasteiger partial charge >= 0.3 is 0 Å². The monoisotopic (exact) mass is 359 g/mol. The van der Waals surface area contributed by atoms with Crippen molar-refractivity contribution in [1.29, 1.82) is 0 Å². The maximum atomic E-state index is 12.8. The van der Waals surface area contributed by atoms with E-state index >= 15 is 0 Å². The van der Waals surface area contributed by atoms with Gasteiger partial charge in [0, 0.05) is 38.7 Å². The minimum Gasteiger partial charge on any atom is -0.356 e. The molecular weight excluding hydrogens is 330 g/mol. The Morgan fingerprint density at radius 1 is 1.19 bits per heavy atom. The normalized spacial score (nSPS) is 16.6. The average Bonchev–Trinajstić information content (AvgIpc) is 3.00. The lowest BCUT2D eigenvalue weighted by Gasteiger charge is -2.27. The molecule has 1 aliphatic heterocycles. The van der Waals surface area contributed by atoms with E-state index in [0.717, 1.165) is 24.9 Å². The molecule has 6 heteroatoms. The standard InChI is InChI=1S/C20H29N3O3/c1-3-22(19(25)12-8-5-9-14-21-16(2)24)18-13-15-23(20(18)26)17-10-6-4-7-11-17/h4,6-7,10-11,18H,3,5,8-9,12-15H2,1-2H3,(H,21,24). The summed E-state index contributed by atoms with van der Waals surface area (Å²) in [6.07, 6.45) is 3.65. The van der Waals surface area contributed by atoms with Crippen LogP contribution < -0.4 is 10.2 Å². The molecule has 142 valence electrons. The summed E-state index contributed by atoms with van der Waals surface area (Å²) in [5.74, 6) is 0.0262. The van der Waals surface area contributed by atoms with Gasteiger partial charge < -0.3 is 15.1 Å². The lowest BCUT2D eigenvalue weighted by Crippen LogP contribution is -2.45. The molecule has 0 aromatic heterocycles. The van der Waals surface area contributed by atoms with Gasteiger partial charge in [-0.3, -0.25) is 14.4 Å². The van der Waals surface area contributed by atoms with Crippen LogP contribution in [-0.2, 0) is 14.4 Å². The summed E-state index contributed by atoms with van der Waals surface area (Å²) in [7, 11) is 0. The zero-order valence-corrected chi connectivity index (χ0v) is 15.7. The molecule has 1 saturated heterocycles. The highest BCUT2D eigenvalue weighted by molar-refractivity contribution is 6.01. The van der Waals surface area contributed by atoms with Crippen molar-refractivity contribution in [3.8, 4) is 0 Å². The first-order chi connectivity index (χ1) is 12.5. The molecule has 26 heavy (non-hydrogen) atoms. The minimum atomic E-state index is -0.355. The summed E-state index contributed by atoms with van der Waals surface area (Å²) in [6, 6.07) is 9.25. The fourth-order valence-electron chi connectivity index (χ4n) is 3.37. The Balaban J connectivity index is 1.83. The van der Waals surface area contributed by atoms with Crippen LogP contribution in [0.3, 0.4) is 0 Å². The smallest absolute Gasteiger partial charge is 0.249 e. The van der Waals surface area contributed by atoms with Crippen LogP contribution in [0, 0.1) is 0 Å². The molecule has 1 aromatic carbocycles. The number of likely N-dealkylation sites (N-methyl/N-ethyl adjacent to an activating group) is 1. The second-order valence-corrected chi connectivity index (χ2v) is 6.60. The van der Waals surface area contributed by atoms with Crippen molar-refractivity contribution in [1.82, 2.24) is 10.2 Å². The Morgan fingerprint density at radius 2 is 1.92 bits per heavy atom. The Bertz CT molecular complexity index is 618. The first-order valence-corrected chi connectivity index (χ1v) is 9.45. The number of para-hydroxylation sites is 1. The Kier molecular flexibility index (Phi) is 7.63. The van der Waals surface area contributed by atoms with Crippen LogP contribution in [0.4, 0.5) is 5.69 Å². The van der Waals surface area contributed by atoms with E-state index in [1.165, 1.54) is 6.92 Å². The van der Waals surface area contributed by atoms with Gasteiger partial charge in [-0.05, 0) is 38.3 Å². The van der Waals surface area contributed by atoms with Crippen molar-refractivity contribution >= 4 is 23.4 Å². The molecule has 3 amide bonds. The van der Waals surface area contributed by atoms with E-state index in [1.807, 2.05) is 37.3 Å². The number of hydrogen-bond acceptors (Lipinski definition) is 3. The number of unbranched alkanes of at least 4 members (excludes halogenated alkanes) is 2. The highest BCUT2D eigenvalue weighted by Crippen LogP contribution is 2.24. The van der Waals surface area contributed by atoms with Crippen molar-refractivity contribution in [3.63, 3.8) is 0 Å². The third kappa shape index (κ3) is 5.31. The molecule has 0 spiro atoms. The number of nitrogens with one attached hydrogen (secondary N) is 1. The molecule has 1 N–H and O–H groups in total. The van der Waals surface area contributed by atoms with Crippen molar-refractivity contribution in [2.24, 2.45) is 0 Å². The summed E-state index contributed by atoms with van der Waals surface area (Å²) in [5, 5.41) is 2.75. The van der Waals surface area contributed by atoms with Gasteiger partial charge in [0.2, 0.25) is 17.7 Å². The third-order valence-corrected chi connectivity index (χ3v) is 4.72. The molecule has 1 unspecified atom stereocenters. The molecule has 1 heterocycles. The summed E-state index contributed by atoms with van der Waals surface area (Å²) < 4.78 is 0. The quantitative estimate of drug-likeness (QED) is 0.688. The Hall–Kier alpha value is -2.37. The molecule has 1 atom stereocenters. The van der Waals surface area contributed by atoms with Gasteiger partial charge in [0.25, 0.3) is 0 Å². The molecule has 6 nitrogen and oxygen atoms in total. The topological polar surface area (TPSA) is 69.7 Å². The number of hydrogen-bond donors (Lipinski definition) is 1. The minimum absolute atomic E-state index is 0.0112. The van der Waals surface area contributed by atoms with Crippen LogP contribution in [-0.4, -0.2) is 48.3 Å². The highest BCUT2D eigenvalue weighted by Gasteiger charge is 2.37. The van der Waals surface area contributed by atoms with Crippen molar-refractivity contribution in [2.45, 2.75) is 52.0 Å². The average molecular weight is 359 g/mol. The van der Waals surface area contributed by atoms with E-state index in [-0.39, 0.29) is 23.8 Å². The van der Waals surface area contributed by atoms with Crippen LogP contribution in [0.15, 0.2) is 30.3 Å². The van der Waals surface area contributed by atoms with Crippen molar-refractivity contribution in [3.05, 3.63) is 30.3 Å². The number of rotatable bonds is 9. The molecular formula is C20H29N3O3. The lowest BCUT2D eigenvalue weighted by atomic mass is 10.1. The number of carbonyl (C=O) groups excluding carboxylic acids is 3. The van der Waals surface area contributed by atoms with Gasteiger partial charge in [0.05, 0.1) is 0 Å². The summed E-state index contributed by atoms with van der Waals surface area (Å²) >= 11 is 0. The van der Waals surface area contributed by atoms with Gasteiger partial charge in [-0.25, -0.2) is 0 Å². The van der Waals surface area contributed by atoms with E-state index in [1.54, 1.807) is 9.80 Å². The molecule has 1 aromatic rings. The number of anilines is 1. The van der Waals surface area contributed by atoms with Crippen LogP contribution >= 0.6 is 0 Å². The van der Waals surface area contributed by atoms with Crippen molar-refractivity contribution in [2.75, 3.05) is 24.5 Å². The van der Waals surface area contributed by atoms with E-state index in [9.17, 15) is 14.4 Å². The van der Waals surface area contributed by atoms with E-state index in [0.29, 0.717) is 32.5 Å². The van der Waals surface area contributed by atoms with Gasteiger partial charge in [-0.15, -0.1) is 0 Å².